The average Bonchev–Trinajstić information content (AvgIpc) is 2.48. The predicted molar refractivity (Wildman–Crippen MR) is 85.4 cm³/mol. The molecule has 1 N–H and O–H groups in total. The molecule has 0 aliphatic heterocycles. The molecular weight excluding hydrogens is 265 g/mol. The van der Waals surface area contributed by atoms with Crippen molar-refractivity contribution in [3.8, 4) is 11.8 Å². The van der Waals surface area contributed by atoms with Gasteiger partial charge in [0.05, 0.1) is 0 Å². The molecule has 21 heavy (non-hydrogen) atoms. The Hall–Kier alpha value is -1.37. The summed E-state index contributed by atoms with van der Waals surface area (Å²) in [7, 11) is 0. The van der Waals surface area contributed by atoms with Crippen LogP contribution in [0.25, 0.3) is 0 Å². The second-order valence-electron chi connectivity index (χ2n) is 5.32. The number of hydrogen-bond acceptors (Lipinski definition) is 2. The van der Waals surface area contributed by atoms with Crippen molar-refractivity contribution in [3.05, 3.63) is 35.1 Å². The molecule has 3 heteroatoms. The number of aliphatic hydroxyl groups is 1. The molecule has 1 rings (SSSR count). The molecule has 0 fully saturated rings. The van der Waals surface area contributed by atoms with Crippen LogP contribution in [0.4, 0.5) is 4.39 Å². The maximum atomic E-state index is 13.7. The summed E-state index contributed by atoms with van der Waals surface area (Å²) in [5, 5.41) is 8.73. The molecule has 0 heterocycles. The molecule has 0 spiro atoms. The fourth-order valence-corrected chi connectivity index (χ4v) is 2.43. The van der Waals surface area contributed by atoms with E-state index in [1.165, 1.54) is 18.9 Å². The molecule has 0 aromatic heterocycles. The fourth-order valence-electron chi connectivity index (χ4n) is 2.43. The highest BCUT2D eigenvalue weighted by molar-refractivity contribution is 5.37. The van der Waals surface area contributed by atoms with Crippen molar-refractivity contribution in [3.63, 3.8) is 0 Å². The van der Waals surface area contributed by atoms with E-state index >= 15 is 0 Å². The Bertz CT molecular complexity index is 486. The summed E-state index contributed by atoms with van der Waals surface area (Å²) < 4.78 is 13.7. The first-order valence-corrected chi connectivity index (χ1v) is 7.74. The normalized spacial score (nSPS) is 10.8. The molecule has 2 nitrogen and oxygen atoms in total. The summed E-state index contributed by atoms with van der Waals surface area (Å²) in [5.41, 5.74) is 1.56. The molecule has 0 atom stereocenters. The van der Waals surface area contributed by atoms with Crippen LogP contribution in [0.2, 0.25) is 0 Å². The minimum atomic E-state index is -0.270. The topological polar surface area (TPSA) is 23.5 Å². The number of benzene rings is 1. The minimum Gasteiger partial charge on any atom is -0.384 e. The minimum absolute atomic E-state index is 0.207. The van der Waals surface area contributed by atoms with Gasteiger partial charge in [-0.05, 0) is 36.2 Å². The highest BCUT2D eigenvalue weighted by Crippen LogP contribution is 2.15. The summed E-state index contributed by atoms with van der Waals surface area (Å²) in [4.78, 5) is 2.34. The van der Waals surface area contributed by atoms with Gasteiger partial charge in [0.25, 0.3) is 0 Å². The Balaban J connectivity index is 2.81. The first-order valence-electron chi connectivity index (χ1n) is 7.74. The lowest BCUT2D eigenvalue weighted by Crippen LogP contribution is -2.28. The molecule has 0 unspecified atom stereocenters. The highest BCUT2D eigenvalue weighted by Gasteiger charge is 2.11. The van der Waals surface area contributed by atoms with Crippen molar-refractivity contribution in [2.75, 3.05) is 19.7 Å². The standard InChI is InChI=1S/C18H26FNO/c1-4-15(5-2)13-20(6-3)14-17-10-16(8-7-9-21)11-18(19)12-17/h10-12,15,21H,4-6,9,13-14H2,1-3H3. The predicted octanol–water partition coefficient (Wildman–Crippen LogP) is 3.43. The van der Waals surface area contributed by atoms with Crippen LogP contribution in [0, 0.1) is 23.6 Å². The van der Waals surface area contributed by atoms with Crippen LogP contribution in [0.1, 0.15) is 44.7 Å². The zero-order valence-electron chi connectivity index (χ0n) is 13.3. The van der Waals surface area contributed by atoms with Crippen molar-refractivity contribution < 1.29 is 9.50 Å². The van der Waals surface area contributed by atoms with Crippen LogP contribution in [-0.2, 0) is 6.54 Å². The van der Waals surface area contributed by atoms with Gasteiger partial charge in [-0.2, -0.15) is 0 Å². The highest BCUT2D eigenvalue weighted by atomic mass is 19.1. The van der Waals surface area contributed by atoms with Gasteiger partial charge in [-0.3, -0.25) is 4.90 Å². The fraction of sp³-hybridized carbons (Fsp3) is 0.556. The maximum Gasteiger partial charge on any atom is 0.124 e. The van der Waals surface area contributed by atoms with E-state index in [1.807, 2.05) is 6.07 Å². The van der Waals surface area contributed by atoms with Gasteiger partial charge in [0.15, 0.2) is 0 Å². The first kappa shape index (κ1) is 17.7. The molecule has 0 amide bonds. The zero-order chi connectivity index (χ0) is 15.7. The van der Waals surface area contributed by atoms with Crippen LogP contribution < -0.4 is 0 Å². The van der Waals surface area contributed by atoms with Gasteiger partial charge in [0.1, 0.15) is 12.4 Å². The van der Waals surface area contributed by atoms with Crippen molar-refractivity contribution in [1.29, 1.82) is 0 Å². The molecular formula is C18H26FNO. The van der Waals surface area contributed by atoms with Gasteiger partial charge in [0.2, 0.25) is 0 Å². The van der Waals surface area contributed by atoms with Crippen molar-refractivity contribution in [1.82, 2.24) is 4.90 Å². The number of halogens is 1. The summed E-state index contributed by atoms with van der Waals surface area (Å²) in [6.45, 7) is 9.08. The van der Waals surface area contributed by atoms with E-state index in [0.717, 1.165) is 25.2 Å². The van der Waals surface area contributed by atoms with Gasteiger partial charge in [-0.25, -0.2) is 4.39 Å². The lowest BCUT2D eigenvalue weighted by atomic mass is 10.0. The second-order valence-corrected chi connectivity index (χ2v) is 5.32. The lowest BCUT2D eigenvalue weighted by Gasteiger charge is -2.25. The largest absolute Gasteiger partial charge is 0.384 e. The third-order valence-electron chi connectivity index (χ3n) is 3.79. The number of hydrogen-bond donors (Lipinski definition) is 1. The summed E-state index contributed by atoms with van der Waals surface area (Å²) in [6, 6.07) is 4.88. The summed E-state index contributed by atoms with van der Waals surface area (Å²) >= 11 is 0. The number of aliphatic hydroxyl groups excluding tert-OH is 1. The molecule has 0 bridgehead atoms. The summed E-state index contributed by atoms with van der Waals surface area (Å²) in [6.07, 6.45) is 2.34. The monoisotopic (exact) mass is 291 g/mol. The molecule has 0 radical (unpaired) electrons. The van der Waals surface area contributed by atoms with Gasteiger partial charge in [-0.1, -0.05) is 45.5 Å². The maximum absolute atomic E-state index is 13.7. The van der Waals surface area contributed by atoms with Gasteiger partial charge < -0.3 is 5.11 Å². The van der Waals surface area contributed by atoms with Crippen LogP contribution in [0.3, 0.4) is 0 Å². The van der Waals surface area contributed by atoms with Gasteiger partial charge >= 0.3 is 0 Å². The molecule has 0 saturated carbocycles. The molecule has 116 valence electrons. The van der Waals surface area contributed by atoms with Crippen LogP contribution in [-0.4, -0.2) is 29.7 Å². The molecule has 0 saturated heterocycles. The Morgan fingerprint density at radius 3 is 2.48 bits per heavy atom. The third-order valence-corrected chi connectivity index (χ3v) is 3.79. The molecule has 0 aliphatic rings. The quantitative estimate of drug-likeness (QED) is 0.778. The van der Waals surface area contributed by atoms with Crippen molar-refractivity contribution in [2.24, 2.45) is 5.92 Å². The molecule has 1 aromatic rings. The number of nitrogens with zero attached hydrogens (tertiary/aromatic N) is 1. The molecule has 1 aromatic carbocycles. The van der Waals surface area contributed by atoms with Crippen molar-refractivity contribution >= 4 is 0 Å². The lowest BCUT2D eigenvalue weighted by molar-refractivity contribution is 0.226. The van der Waals surface area contributed by atoms with E-state index in [-0.39, 0.29) is 12.4 Å². The first-order chi connectivity index (χ1) is 10.1. The van der Waals surface area contributed by atoms with Crippen LogP contribution >= 0.6 is 0 Å². The Morgan fingerprint density at radius 1 is 1.19 bits per heavy atom. The van der Waals surface area contributed by atoms with E-state index in [4.69, 9.17) is 5.11 Å². The van der Waals surface area contributed by atoms with E-state index in [0.29, 0.717) is 11.5 Å². The second kappa shape index (κ2) is 9.55. The molecule has 0 aliphatic carbocycles. The smallest absolute Gasteiger partial charge is 0.124 e. The third kappa shape index (κ3) is 6.29. The van der Waals surface area contributed by atoms with Gasteiger partial charge in [0, 0.05) is 18.7 Å². The summed E-state index contributed by atoms with van der Waals surface area (Å²) in [5.74, 6) is 5.75. The van der Waals surface area contributed by atoms with Crippen LogP contribution in [0.5, 0.6) is 0 Å². The average molecular weight is 291 g/mol. The Kier molecular flexibility index (Phi) is 8.04. The van der Waals surface area contributed by atoms with Gasteiger partial charge in [-0.15, -0.1) is 0 Å². The Morgan fingerprint density at radius 2 is 1.90 bits per heavy atom. The Labute approximate surface area is 128 Å². The van der Waals surface area contributed by atoms with E-state index in [9.17, 15) is 4.39 Å². The van der Waals surface area contributed by atoms with Crippen molar-refractivity contribution in [2.45, 2.75) is 40.2 Å². The zero-order valence-corrected chi connectivity index (χ0v) is 13.3. The van der Waals surface area contributed by atoms with E-state index in [2.05, 4.69) is 37.5 Å². The van der Waals surface area contributed by atoms with E-state index < -0.39 is 0 Å². The number of rotatable bonds is 7. The van der Waals surface area contributed by atoms with E-state index in [1.54, 1.807) is 6.07 Å². The SMILES string of the molecule is CCC(CC)CN(CC)Cc1cc(F)cc(C#CCO)c1. The van der Waals surface area contributed by atoms with Crippen LogP contribution in [0.15, 0.2) is 18.2 Å².